The van der Waals surface area contributed by atoms with Crippen molar-refractivity contribution in [2.45, 2.75) is 51.0 Å². The second kappa shape index (κ2) is 7.99. The molecule has 5 nitrogen and oxygen atoms in total. The second-order valence-corrected chi connectivity index (χ2v) is 7.72. The van der Waals surface area contributed by atoms with Crippen molar-refractivity contribution in [3.05, 3.63) is 32.2 Å². The van der Waals surface area contributed by atoms with E-state index in [9.17, 15) is 4.79 Å². The molecule has 0 unspecified atom stereocenters. The van der Waals surface area contributed by atoms with Gasteiger partial charge in [-0.3, -0.25) is 4.79 Å². The van der Waals surface area contributed by atoms with Crippen LogP contribution in [0, 0.1) is 0 Å². The topological polar surface area (TPSA) is 80.9 Å². The van der Waals surface area contributed by atoms with E-state index in [1.54, 1.807) is 16.7 Å². The van der Waals surface area contributed by atoms with Crippen molar-refractivity contribution in [1.29, 1.82) is 0 Å². The maximum atomic E-state index is 12.0. The molecule has 2 heterocycles. The molecule has 7 heteroatoms. The van der Waals surface area contributed by atoms with Gasteiger partial charge in [0, 0.05) is 36.2 Å². The summed E-state index contributed by atoms with van der Waals surface area (Å²) in [5, 5.41) is 8.74. The Morgan fingerprint density at radius 2 is 1.96 bits per heavy atom. The van der Waals surface area contributed by atoms with Gasteiger partial charge in [0.15, 0.2) is 0 Å². The predicted molar refractivity (Wildman–Crippen MR) is 94.0 cm³/mol. The molecule has 0 atom stereocenters. The highest BCUT2D eigenvalue weighted by atomic mass is 32.1. The van der Waals surface area contributed by atoms with Crippen molar-refractivity contribution in [1.82, 2.24) is 15.3 Å². The Morgan fingerprint density at radius 3 is 2.70 bits per heavy atom. The molecule has 1 saturated carbocycles. The number of carbonyl (C=O) groups is 1. The molecule has 0 saturated heterocycles. The molecule has 1 aliphatic rings. The molecule has 2 aromatic rings. The quantitative estimate of drug-likeness (QED) is 0.839. The zero-order valence-electron chi connectivity index (χ0n) is 13.1. The lowest BCUT2D eigenvalue weighted by Crippen LogP contribution is -2.26. The molecule has 1 amide bonds. The smallest absolute Gasteiger partial charge is 0.270 e. The number of rotatable bonds is 6. The van der Waals surface area contributed by atoms with E-state index in [1.807, 2.05) is 0 Å². The van der Waals surface area contributed by atoms with Gasteiger partial charge in [-0.05, 0) is 12.8 Å². The van der Waals surface area contributed by atoms with Gasteiger partial charge < -0.3 is 11.1 Å². The Kier molecular flexibility index (Phi) is 5.75. The van der Waals surface area contributed by atoms with Crippen molar-refractivity contribution in [2.24, 2.45) is 5.73 Å². The number of amides is 1. The largest absolute Gasteiger partial charge is 0.350 e. The van der Waals surface area contributed by atoms with E-state index in [1.165, 1.54) is 49.1 Å². The minimum atomic E-state index is -0.134. The van der Waals surface area contributed by atoms with E-state index in [4.69, 9.17) is 10.7 Å². The Balaban J connectivity index is 1.47. The third-order valence-electron chi connectivity index (χ3n) is 4.18. The molecular weight excluding hydrogens is 328 g/mol. The lowest BCUT2D eigenvalue weighted by Gasteiger charge is -2.19. The van der Waals surface area contributed by atoms with Gasteiger partial charge in [0.05, 0.1) is 10.7 Å². The SMILES string of the molecule is NCc1nc(C(=O)NCCc2nc(C3CCCCC3)cs2)cs1. The van der Waals surface area contributed by atoms with Crippen LogP contribution in [0.1, 0.15) is 64.2 Å². The summed E-state index contributed by atoms with van der Waals surface area (Å²) in [7, 11) is 0. The van der Waals surface area contributed by atoms with Gasteiger partial charge in [-0.25, -0.2) is 9.97 Å². The molecule has 1 aliphatic carbocycles. The van der Waals surface area contributed by atoms with Crippen LogP contribution in [-0.4, -0.2) is 22.4 Å². The first-order valence-corrected chi connectivity index (χ1v) is 9.89. The average Bonchev–Trinajstić information content (AvgIpc) is 3.25. The molecule has 0 spiro atoms. The van der Waals surface area contributed by atoms with Crippen LogP contribution in [0.3, 0.4) is 0 Å². The third kappa shape index (κ3) is 4.37. The van der Waals surface area contributed by atoms with Crippen LogP contribution in [0.4, 0.5) is 0 Å². The summed E-state index contributed by atoms with van der Waals surface area (Å²) in [6.07, 6.45) is 7.33. The zero-order chi connectivity index (χ0) is 16.1. The number of nitrogens with two attached hydrogens (primary N) is 1. The first-order valence-electron chi connectivity index (χ1n) is 8.13. The molecule has 0 aromatic carbocycles. The fourth-order valence-electron chi connectivity index (χ4n) is 2.91. The van der Waals surface area contributed by atoms with E-state index in [-0.39, 0.29) is 5.91 Å². The average molecular weight is 351 g/mol. The van der Waals surface area contributed by atoms with Gasteiger partial charge in [-0.2, -0.15) is 0 Å². The molecule has 0 radical (unpaired) electrons. The van der Waals surface area contributed by atoms with Gasteiger partial charge >= 0.3 is 0 Å². The molecule has 23 heavy (non-hydrogen) atoms. The Hall–Kier alpha value is -1.31. The van der Waals surface area contributed by atoms with Crippen LogP contribution in [-0.2, 0) is 13.0 Å². The molecule has 0 bridgehead atoms. The molecule has 3 N–H and O–H groups in total. The molecule has 1 fully saturated rings. The zero-order valence-corrected chi connectivity index (χ0v) is 14.7. The van der Waals surface area contributed by atoms with Gasteiger partial charge in [0.25, 0.3) is 5.91 Å². The summed E-state index contributed by atoms with van der Waals surface area (Å²) in [5.74, 6) is 0.512. The monoisotopic (exact) mass is 350 g/mol. The van der Waals surface area contributed by atoms with Gasteiger partial charge in [-0.1, -0.05) is 19.3 Å². The van der Waals surface area contributed by atoms with Crippen LogP contribution in [0.2, 0.25) is 0 Å². The standard InChI is InChI=1S/C16H22N4OS2/c17-8-15-20-13(10-23-15)16(21)18-7-6-14-19-12(9-22-14)11-4-2-1-3-5-11/h9-11H,1-8,17H2,(H,18,21). The van der Waals surface area contributed by atoms with E-state index in [0.29, 0.717) is 24.7 Å². The van der Waals surface area contributed by atoms with Crippen LogP contribution < -0.4 is 11.1 Å². The summed E-state index contributed by atoms with van der Waals surface area (Å²) < 4.78 is 0. The van der Waals surface area contributed by atoms with Crippen molar-refractivity contribution in [2.75, 3.05) is 6.54 Å². The van der Waals surface area contributed by atoms with Crippen molar-refractivity contribution in [3.63, 3.8) is 0 Å². The molecule has 3 rings (SSSR count). The second-order valence-electron chi connectivity index (χ2n) is 5.84. The highest BCUT2D eigenvalue weighted by Crippen LogP contribution is 2.33. The summed E-state index contributed by atoms with van der Waals surface area (Å²) >= 11 is 3.13. The first-order chi connectivity index (χ1) is 11.3. The number of nitrogens with zero attached hydrogens (tertiary/aromatic N) is 2. The number of thiazole rings is 2. The summed E-state index contributed by atoms with van der Waals surface area (Å²) in [5.41, 5.74) is 7.22. The highest BCUT2D eigenvalue weighted by molar-refractivity contribution is 7.10. The van der Waals surface area contributed by atoms with Crippen molar-refractivity contribution >= 4 is 28.6 Å². The lowest BCUT2D eigenvalue weighted by atomic mass is 9.87. The number of aromatic nitrogens is 2. The van der Waals surface area contributed by atoms with E-state index in [2.05, 4.69) is 15.7 Å². The van der Waals surface area contributed by atoms with Crippen LogP contribution in [0.15, 0.2) is 10.8 Å². The molecule has 2 aromatic heterocycles. The highest BCUT2D eigenvalue weighted by Gasteiger charge is 2.18. The fourth-order valence-corrected chi connectivity index (χ4v) is 4.44. The van der Waals surface area contributed by atoms with Gasteiger partial charge in [0.1, 0.15) is 10.7 Å². The van der Waals surface area contributed by atoms with Crippen LogP contribution in [0.25, 0.3) is 0 Å². The summed E-state index contributed by atoms with van der Waals surface area (Å²) in [6, 6.07) is 0. The summed E-state index contributed by atoms with van der Waals surface area (Å²) in [6.45, 7) is 0.965. The number of hydrogen-bond acceptors (Lipinski definition) is 6. The predicted octanol–water partition coefficient (Wildman–Crippen LogP) is 3.08. The van der Waals surface area contributed by atoms with E-state index >= 15 is 0 Å². The minimum Gasteiger partial charge on any atom is -0.350 e. The lowest BCUT2D eigenvalue weighted by molar-refractivity contribution is 0.0949. The Morgan fingerprint density at radius 1 is 1.17 bits per heavy atom. The Bertz CT molecular complexity index is 646. The summed E-state index contributed by atoms with van der Waals surface area (Å²) in [4.78, 5) is 20.9. The van der Waals surface area contributed by atoms with E-state index < -0.39 is 0 Å². The number of carbonyl (C=O) groups excluding carboxylic acids is 1. The number of hydrogen-bond donors (Lipinski definition) is 2. The molecule has 0 aliphatic heterocycles. The van der Waals surface area contributed by atoms with Crippen LogP contribution in [0.5, 0.6) is 0 Å². The van der Waals surface area contributed by atoms with Crippen LogP contribution >= 0.6 is 22.7 Å². The first kappa shape index (κ1) is 16.5. The maximum absolute atomic E-state index is 12.0. The van der Waals surface area contributed by atoms with Gasteiger partial charge in [-0.15, -0.1) is 22.7 Å². The normalized spacial score (nSPS) is 15.7. The third-order valence-corrected chi connectivity index (χ3v) is 5.97. The number of nitrogens with one attached hydrogen (secondary N) is 1. The molecular formula is C16H22N4OS2. The van der Waals surface area contributed by atoms with Gasteiger partial charge in [0.2, 0.25) is 0 Å². The van der Waals surface area contributed by atoms with Crippen molar-refractivity contribution < 1.29 is 4.79 Å². The minimum absolute atomic E-state index is 0.134. The van der Waals surface area contributed by atoms with Crippen molar-refractivity contribution in [3.8, 4) is 0 Å². The van der Waals surface area contributed by atoms with E-state index in [0.717, 1.165) is 16.4 Å². The Labute approximate surface area is 144 Å². The molecule has 124 valence electrons. The fraction of sp³-hybridized carbons (Fsp3) is 0.562. The maximum Gasteiger partial charge on any atom is 0.270 e.